The van der Waals surface area contributed by atoms with Crippen LogP contribution < -0.4 is 10.8 Å². The molecule has 5 heteroatoms. The van der Waals surface area contributed by atoms with Gasteiger partial charge in [0.2, 0.25) is 0 Å². The average molecular weight is 495 g/mol. The molecule has 0 bridgehead atoms. The van der Waals surface area contributed by atoms with Crippen LogP contribution in [0.1, 0.15) is 79.4 Å². The van der Waals surface area contributed by atoms with Crippen LogP contribution >= 0.6 is 0 Å². The molecule has 1 N–H and O–H groups in total. The number of rotatable bonds is 3. The van der Waals surface area contributed by atoms with Crippen molar-refractivity contribution in [3.63, 3.8) is 0 Å². The maximum Gasteiger partial charge on any atom is 0.497 e. The SMILES string of the molecule is CC1(C)CCC(C)(C)c2cc(Nc3c(B4OC(C)(C)C(C)(C)O4)ccc4c3oc3ccccc34)ccc21. The number of fused-ring (bicyclic) bond motifs is 4. The van der Waals surface area contributed by atoms with Crippen molar-refractivity contribution < 1.29 is 13.7 Å². The lowest BCUT2D eigenvalue weighted by atomic mass is 9.63. The molecule has 3 aromatic carbocycles. The molecular weight excluding hydrogens is 457 g/mol. The Morgan fingerprint density at radius 2 is 1.35 bits per heavy atom. The Bertz CT molecular complexity index is 1510. The molecule has 0 amide bonds. The van der Waals surface area contributed by atoms with E-state index in [1.54, 1.807) is 0 Å². The number of anilines is 2. The Labute approximate surface area is 220 Å². The first-order valence-corrected chi connectivity index (χ1v) is 13.5. The molecule has 0 unspecified atom stereocenters. The molecule has 1 aliphatic heterocycles. The van der Waals surface area contributed by atoms with Gasteiger partial charge < -0.3 is 19.0 Å². The van der Waals surface area contributed by atoms with Gasteiger partial charge >= 0.3 is 7.12 Å². The normalized spacial score (nSPS) is 21.4. The van der Waals surface area contributed by atoms with Gasteiger partial charge in [-0.15, -0.1) is 0 Å². The molecule has 4 nitrogen and oxygen atoms in total. The van der Waals surface area contributed by atoms with E-state index in [0.717, 1.165) is 38.8 Å². The molecule has 37 heavy (non-hydrogen) atoms. The van der Waals surface area contributed by atoms with Gasteiger partial charge in [0.05, 0.1) is 16.9 Å². The van der Waals surface area contributed by atoms with Gasteiger partial charge in [-0.05, 0) is 80.7 Å². The second-order valence-corrected chi connectivity index (χ2v) is 13.2. The van der Waals surface area contributed by atoms with Crippen LogP contribution in [0.2, 0.25) is 0 Å². The Morgan fingerprint density at radius 3 is 2.05 bits per heavy atom. The molecule has 192 valence electrons. The summed E-state index contributed by atoms with van der Waals surface area (Å²) in [5.74, 6) is 0. The monoisotopic (exact) mass is 495 g/mol. The molecule has 1 aromatic heterocycles. The lowest BCUT2D eigenvalue weighted by Crippen LogP contribution is -2.41. The zero-order valence-electron chi connectivity index (χ0n) is 23.4. The van der Waals surface area contributed by atoms with Gasteiger partial charge in [0.1, 0.15) is 5.58 Å². The Kier molecular flexibility index (Phi) is 5.23. The molecule has 0 radical (unpaired) electrons. The predicted molar refractivity (Wildman–Crippen MR) is 154 cm³/mol. The molecule has 0 spiro atoms. The lowest BCUT2D eigenvalue weighted by molar-refractivity contribution is 0.00578. The van der Waals surface area contributed by atoms with Crippen LogP contribution in [0.25, 0.3) is 21.9 Å². The minimum absolute atomic E-state index is 0.127. The van der Waals surface area contributed by atoms with E-state index in [9.17, 15) is 0 Å². The first-order valence-electron chi connectivity index (χ1n) is 13.5. The molecule has 1 fully saturated rings. The van der Waals surface area contributed by atoms with E-state index >= 15 is 0 Å². The smallest absolute Gasteiger partial charge is 0.454 e. The molecule has 2 aliphatic rings. The van der Waals surface area contributed by atoms with E-state index in [0.29, 0.717) is 0 Å². The lowest BCUT2D eigenvalue weighted by Gasteiger charge is -2.42. The maximum atomic E-state index is 6.50. The summed E-state index contributed by atoms with van der Waals surface area (Å²) in [5.41, 5.74) is 6.91. The number of benzene rings is 3. The van der Waals surface area contributed by atoms with E-state index < -0.39 is 18.3 Å². The summed E-state index contributed by atoms with van der Waals surface area (Å²) in [5, 5.41) is 5.96. The number of hydrogen-bond donors (Lipinski definition) is 1. The van der Waals surface area contributed by atoms with Crippen LogP contribution in [0.5, 0.6) is 0 Å². The van der Waals surface area contributed by atoms with Crippen molar-refractivity contribution in [2.45, 2.75) is 90.3 Å². The van der Waals surface area contributed by atoms with Gasteiger partial charge in [-0.3, -0.25) is 0 Å². The third kappa shape index (κ3) is 3.81. The van der Waals surface area contributed by atoms with E-state index in [-0.39, 0.29) is 10.8 Å². The second kappa shape index (κ2) is 7.88. The highest BCUT2D eigenvalue weighted by molar-refractivity contribution is 6.64. The summed E-state index contributed by atoms with van der Waals surface area (Å²) >= 11 is 0. The molecule has 2 heterocycles. The van der Waals surface area contributed by atoms with Crippen molar-refractivity contribution in [1.29, 1.82) is 0 Å². The van der Waals surface area contributed by atoms with Crippen molar-refractivity contribution in [2.75, 3.05) is 5.32 Å². The summed E-state index contributed by atoms with van der Waals surface area (Å²) in [6, 6.07) is 19.3. The Hall–Kier alpha value is -2.76. The zero-order valence-corrected chi connectivity index (χ0v) is 23.4. The highest BCUT2D eigenvalue weighted by atomic mass is 16.7. The van der Waals surface area contributed by atoms with E-state index in [1.165, 1.54) is 24.0 Å². The number of furan rings is 1. The van der Waals surface area contributed by atoms with Crippen LogP contribution in [0.4, 0.5) is 11.4 Å². The highest BCUT2D eigenvalue weighted by Crippen LogP contribution is 2.47. The van der Waals surface area contributed by atoms with Gasteiger partial charge in [0, 0.05) is 21.9 Å². The number of para-hydroxylation sites is 1. The van der Waals surface area contributed by atoms with E-state index in [4.69, 9.17) is 13.7 Å². The summed E-state index contributed by atoms with van der Waals surface area (Å²) in [6.45, 7) is 17.8. The van der Waals surface area contributed by atoms with E-state index in [2.05, 4.69) is 103 Å². The molecule has 4 aromatic rings. The Morgan fingerprint density at radius 1 is 0.703 bits per heavy atom. The summed E-state index contributed by atoms with van der Waals surface area (Å²) in [6.07, 6.45) is 2.37. The average Bonchev–Trinajstić information content (AvgIpc) is 3.30. The fourth-order valence-corrected chi connectivity index (χ4v) is 5.91. The zero-order chi connectivity index (χ0) is 26.4. The minimum Gasteiger partial charge on any atom is -0.454 e. The second-order valence-electron chi connectivity index (χ2n) is 13.2. The largest absolute Gasteiger partial charge is 0.497 e. The fourth-order valence-electron chi connectivity index (χ4n) is 5.91. The first kappa shape index (κ1) is 24.6. The van der Waals surface area contributed by atoms with Gasteiger partial charge in [-0.1, -0.05) is 64.1 Å². The first-order chi connectivity index (χ1) is 17.3. The minimum atomic E-state index is -0.502. The van der Waals surface area contributed by atoms with Gasteiger partial charge in [0.25, 0.3) is 0 Å². The third-order valence-corrected chi connectivity index (χ3v) is 9.21. The van der Waals surface area contributed by atoms with Crippen molar-refractivity contribution in [1.82, 2.24) is 0 Å². The molecule has 1 aliphatic carbocycles. The van der Waals surface area contributed by atoms with Crippen LogP contribution in [0.15, 0.2) is 59.0 Å². The highest BCUT2D eigenvalue weighted by Gasteiger charge is 2.52. The predicted octanol–water partition coefficient (Wildman–Crippen LogP) is 7.98. The molecular formula is C32H38BNO3. The topological polar surface area (TPSA) is 43.6 Å². The summed E-state index contributed by atoms with van der Waals surface area (Å²) < 4.78 is 19.5. The number of nitrogens with one attached hydrogen (secondary N) is 1. The maximum absolute atomic E-state index is 6.50. The van der Waals surface area contributed by atoms with E-state index in [1.807, 2.05) is 12.1 Å². The van der Waals surface area contributed by atoms with Crippen LogP contribution in [0.3, 0.4) is 0 Å². The van der Waals surface area contributed by atoms with Crippen molar-refractivity contribution in [3.05, 3.63) is 65.7 Å². The van der Waals surface area contributed by atoms with Crippen LogP contribution in [0, 0.1) is 0 Å². The van der Waals surface area contributed by atoms with Crippen LogP contribution in [-0.2, 0) is 20.1 Å². The third-order valence-electron chi connectivity index (χ3n) is 9.21. The standard InChI is InChI=1S/C32H38BNO3/c1-29(2)17-18-30(3,4)24-19-20(13-15-23(24)29)34-27-25(33-36-31(5,6)32(7,8)37-33)16-14-22-21-11-9-10-12-26(21)35-28(22)27/h9-16,19,34H,17-18H2,1-8H3. The summed E-state index contributed by atoms with van der Waals surface area (Å²) in [7, 11) is -0.502. The molecule has 1 saturated heterocycles. The van der Waals surface area contributed by atoms with Gasteiger partial charge in [0.15, 0.2) is 5.58 Å². The molecule has 6 rings (SSSR count). The summed E-state index contributed by atoms with van der Waals surface area (Å²) in [4.78, 5) is 0. The van der Waals surface area contributed by atoms with Crippen molar-refractivity contribution in [2.24, 2.45) is 0 Å². The number of hydrogen-bond acceptors (Lipinski definition) is 4. The molecule has 0 atom stereocenters. The van der Waals surface area contributed by atoms with Crippen molar-refractivity contribution in [3.8, 4) is 0 Å². The quantitative estimate of drug-likeness (QED) is 0.293. The Balaban J connectivity index is 1.52. The van der Waals surface area contributed by atoms with Gasteiger partial charge in [-0.25, -0.2) is 0 Å². The molecule has 0 saturated carbocycles. The van der Waals surface area contributed by atoms with Gasteiger partial charge in [-0.2, -0.15) is 0 Å². The fraction of sp³-hybridized carbons (Fsp3) is 0.438. The van der Waals surface area contributed by atoms with Crippen LogP contribution in [-0.4, -0.2) is 18.3 Å². The van der Waals surface area contributed by atoms with Crippen molar-refractivity contribution >= 4 is 45.9 Å².